The number of hydrogen-bond acceptors (Lipinski definition) is 3. The van der Waals surface area contributed by atoms with Gasteiger partial charge in [-0.05, 0) is 43.9 Å². The second kappa shape index (κ2) is 7.36. The van der Waals surface area contributed by atoms with E-state index in [9.17, 15) is 4.79 Å². The minimum atomic E-state index is -0.176. The molecule has 1 fully saturated rings. The Balaban J connectivity index is 1.68. The van der Waals surface area contributed by atoms with E-state index >= 15 is 0 Å². The maximum Gasteiger partial charge on any atom is 0.233 e. The number of benzene rings is 1. The number of rotatable bonds is 4. The average molecular weight is 366 g/mol. The number of nitrogens with zero attached hydrogens (tertiary/aromatic N) is 2. The molecule has 4 nitrogen and oxygen atoms in total. The molecular weight excluding hydrogens is 342 g/mol. The third-order valence-electron chi connectivity index (χ3n) is 4.89. The first kappa shape index (κ1) is 17.6. The molecule has 6 heteroatoms. The summed E-state index contributed by atoms with van der Waals surface area (Å²) >= 11 is 7.53. The Morgan fingerprint density at radius 2 is 2.17 bits per heavy atom. The van der Waals surface area contributed by atoms with Crippen molar-refractivity contribution >= 4 is 40.3 Å². The first-order valence-electron chi connectivity index (χ1n) is 8.54. The van der Waals surface area contributed by atoms with Crippen LogP contribution in [0.2, 0.25) is 5.02 Å². The molecular formula is C18H24ClN3OS. The van der Waals surface area contributed by atoms with Gasteiger partial charge in [-0.1, -0.05) is 43.1 Å². The Morgan fingerprint density at radius 1 is 1.42 bits per heavy atom. The minimum absolute atomic E-state index is 0.101. The van der Waals surface area contributed by atoms with Crippen LogP contribution >= 0.6 is 23.4 Å². The SMILES string of the molecule is CC(Sc1nc2cc(Cl)ccc2n1C)C(=O)NC1CCCCC1C. The van der Waals surface area contributed by atoms with E-state index in [0.717, 1.165) is 22.6 Å². The fourth-order valence-corrected chi connectivity index (χ4v) is 4.36. The summed E-state index contributed by atoms with van der Waals surface area (Å²) in [6.45, 7) is 4.18. The van der Waals surface area contributed by atoms with Crippen molar-refractivity contribution in [1.82, 2.24) is 14.9 Å². The monoisotopic (exact) mass is 365 g/mol. The summed E-state index contributed by atoms with van der Waals surface area (Å²) in [5, 5.41) is 4.57. The van der Waals surface area contributed by atoms with Crippen LogP contribution in [0.15, 0.2) is 23.4 Å². The summed E-state index contributed by atoms with van der Waals surface area (Å²) in [5.41, 5.74) is 1.89. The number of halogens is 1. The van der Waals surface area contributed by atoms with Gasteiger partial charge in [-0.2, -0.15) is 0 Å². The van der Waals surface area contributed by atoms with Crippen molar-refractivity contribution in [3.8, 4) is 0 Å². The molecule has 0 saturated heterocycles. The lowest BCUT2D eigenvalue weighted by molar-refractivity contribution is -0.121. The first-order valence-corrected chi connectivity index (χ1v) is 9.80. The zero-order valence-corrected chi connectivity index (χ0v) is 16.0. The van der Waals surface area contributed by atoms with Gasteiger partial charge in [0.25, 0.3) is 0 Å². The molecule has 3 unspecified atom stereocenters. The van der Waals surface area contributed by atoms with E-state index in [2.05, 4.69) is 17.2 Å². The van der Waals surface area contributed by atoms with Crippen LogP contribution in [0.1, 0.15) is 39.5 Å². The van der Waals surface area contributed by atoms with Gasteiger partial charge >= 0.3 is 0 Å². The Kier molecular flexibility index (Phi) is 5.40. The van der Waals surface area contributed by atoms with E-state index in [4.69, 9.17) is 11.6 Å². The van der Waals surface area contributed by atoms with E-state index in [1.807, 2.05) is 36.7 Å². The van der Waals surface area contributed by atoms with Crippen LogP contribution in [0, 0.1) is 5.92 Å². The molecule has 0 bridgehead atoms. The summed E-state index contributed by atoms with van der Waals surface area (Å²) < 4.78 is 2.02. The van der Waals surface area contributed by atoms with E-state index in [-0.39, 0.29) is 11.2 Å². The van der Waals surface area contributed by atoms with Crippen molar-refractivity contribution in [2.75, 3.05) is 0 Å². The Hall–Kier alpha value is -1.20. The van der Waals surface area contributed by atoms with Gasteiger partial charge in [0, 0.05) is 18.1 Å². The molecule has 1 aliphatic rings. The molecule has 24 heavy (non-hydrogen) atoms. The quantitative estimate of drug-likeness (QED) is 0.817. The zero-order chi connectivity index (χ0) is 17.3. The van der Waals surface area contributed by atoms with Gasteiger partial charge in [0.1, 0.15) is 0 Å². The molecule has 1 aliphatic carbocycles. The Labute approximate surface area is 152 Å². The maximum absolute atomic E-state index is 12.6. The predicted octanol–water partition coefficient (Wildman–Crippen LogP) is 4.40. The fraction of sp³-hybridized carbons (Fsp3) is 0.556. The van der Waals surface area contributed by atoms with Gasteiger partial charge in [0.05, 0.1) is 16.3 Å². The number of fused-ring (bicyclic) bond motifs is 1. The van der Waals surface area contributed by atoms with E-state index < -0.39 is 0 Å². The van der Waals surface area contributed by atoms with Gasteiger partial charge in [-0.25, -0.2) is 4.98 Å². The lowest BCUT2D eigenvalue weighted by atomic mass is 9.86. The third kappa shape index (κ3) is 3.72. The fourth-order valence-electron chi connectivity index (χ4n) is 3.30. The molecule has 0 aliphatic heterocycles. The molecule has 3 rings (SSSR count). The van der Waals surface area contributed by atoms with E-state index in [1.165, 1.54) is 31.0 Å². The highest BCUT2D eigenvalue weighted by Crippen LogP contribution is 2.29. The number of aromatic nitrogens is 2. The summed E-state index contributed by atoms with van der Waals surface area (Å²) in [5.74, 6) is 0.668. The molecule has 0 radical (unpaired) electrons. The van der Waals surface area contributed by atoms with Gasteiger partial charge in [-0.15, -0.1) is 0 Å². The summed E-state index contributed by atoms with van der Waals surface area (Å²) in [7, 11) is 1.97. The normalized spacial score (nSPS) is 22.5. The number of carbonyl (C=O) groups is 1. The third-order valence-corrected chi connectivity index (χ3v) is 6.27. The Morgan fingerprint density at radius 3 is 2.92 bits per heavy atom. The van der Waals surface area contributed by atoms with Crippen molar-refractivity contribution in [1.29, 1.82) is 0 Å². The predicted molar refractivity (Wildman–Crippen MR) is 101 cm³/mol. The highest BCUT2D eigenvalue weighted by Gasteiger charge is 2.26. The second-order valence-corrected chi connectivity index (χ2v) is 8.47. The van der Waals surface area contributed by atoms with Crippen LogP contribution in [0.4, 0.5) is 0 Å². The number of imidazole rings is 1. The minimum Gasteiger partial charge on any atom is -0.352 e. The van der Waals surface area contributed by atoms with Crippen molar-refractivity contribution < 1.29 is 4.79 Å². The van der Waals surface area contributed by atoms with Crippen molar-refractivity contribution in [3.05, 3.63) is 23.2 Å². The molecule has 1 amide bonds. The summed E-state index contributed by atoms with van der Waals surface area (Å²) in [6, 6.07) is 5.99. The highest BCUT2D eigenvalue weighted by atomic mass is 35.5. The summed E-state index contributed by atoms with van der Waals surface area (Å²) in [4.78, 5) is 17.2. The zero-order valence-electron chi connectivity index (χ0n) is 14.4. The second-order valence-electron chi connectivity index (χ2n) is 6.72. The summed E-state index contributed by atoms with van der Waals surface area (Å²) in [6.07, 6.45) is 4.79. The van der Waals surface area contributed by atoms with Crippen LogP contribution in [0.5, 0.6) is 0 Å². The molecule has 130 valence electrons. The van der Waals surface area contributed by atoms with Gasteiger partial charge < -0.3 is 9.88 Å². The van der Waals surface area contributed by atoms with Crippen LogP contribution in [-0.2, 0) is 11.8 Å². The van der Waals surface area contributed by atoms with E-state index in [0.29, 0.717) is 17.0 Å². The molecule has 3 atom stereocenters. The Bertz CT molecular complexity index is 745. The standard InChI is InChI=1S/C18H24ClN3OS/c1-11-6-4-5-7-14(11)20-17(23)12(2)24-18-21-15-10-13(19)8-9-16(15)22(18)3/h8-12,14H,4-7H2,1-3H3,(H,20,23). The lowest BCUT2D eigenvalue weighted by Gasteiger charge is -2.30. The van der Waals surface area contributed by atoms with Crippen molar-refractivity contribution in [3.63, 3.8) is 0 Å². The topological polar surface area (TPSA) is 46.9 Å². The molecule has 1 aromatic carbocycles. The maximum atomic E-state index is 12.6. The smallest absolute Gasteiger partial charge is 0.233 e. The lowest BCUT2D eigenvalue weighted by Crippen LogP contribution is -2.44. The molecule has 1 heterocycles. The van der Waals surface area contributed by atoms with Crippen LogP contribution in [0.3, 0.4) is 0 Å². The van der Waals surface area contributed by atoms with Gasteiger partial charge in [0.2, 0.25) is 5.91 Å². The molecule has 0 spiro atoms. The molecule has 2 aromatic rings. The number of aryl methyl sites for hydroxylation is 1. The van der Waals surface area contributed by atoms with Gasteiger partial charge in [0.15, 0.2) is 5.16 Å². The number of hydrogen-bond donors (Lipinski definition) is 1. The van der Waals surface area contributed by atoms with Crippen LogP contribution in [0.25, 0.3) is 11.0 Å². The van der Waals surface area contributed by atoms with E-state index in [1.54, 1.807) is 0 Å². The molecule has 1 saturated carbocycles. The number of carbonyl (C=O) groups excluding carboxylic acids is 1. The van der Waals surface area contributed by atoms with Crippen molar-refractivity contribution in [2.45, 2.75) is 56.0 Å². The van der Waals surface area contributed by atoms with Gasteiger partial charge in [-0.3, -0.25) is 4.79 Å². The number of nitrogens with one attached hydrogen (secondary N) is 1. The number of thioether (sulfide) groups is 1. The largest absolute Gasteiger partial charge is 0.352 e. The van der Waals surface area contributed by atoms with Crippen LogP contribution < -0.4 is 5.32 Å². The molecule has 1 aromatic heterocycles. The average Bonchev–Trinajstić information content (AvgIpc) is 2.84. The highest BCUT2D eigenvalue weighted by molar-refractivity contribution is 8.00. The van der Waals surface area contributed by atoms with Crippen molar-refractivity contribution in [2.24, 2.45) is 13.0 Å². The molecule has 1 N–H and O–H groups in total. The van der Waals surface area contributed by atoms with Crippen LogP contribution in [-0.4, -0.2) is 26.8 Å². The number of amides is 1. The first-order chi connectivity index (χ1) is 11.5.